The van der Waals surface area contributed by atoms with Crippen molar-refractivity contribution in [3.63, 3.8) is 0 Å². The van der Waals surface area contributed by atoms with Crippen molar-refractivity contribution in [3.05, 3.63) is 23.5 Å². The molecule has 1 aliphatic rings. The minimum absolute atomic E-state index is 0.00264. The second kappa shape index (κ2) is 5.23. The first-order valence-corrected chi connectivity index (χ1v) is 6.61. The molecular weight excluding hydrogens is 234 g/mol. The van der Waals surface area contributed by atoms with Crippen molar-refractivity contribution in [2.75, 3.05) is 11.9 Å². The number of anilines is 1. The molecule has 0 spiro atoms. The monoisotopic (exact) mass is 253 g/mol. The van der Waals surface area contributed by atoms with E-state index in [1.165, 1.54) is 12.8 Å². The SMILES string of the molecule is CC1CCCC(CN)(Nc2ccncc2Cl)C1. The molecule has 0 bridgehead atoms. The van der Waals surface area contributed by atoms with E-state index in [4.69, 9.17) is 17.3 Å². The van der Waals surface area contributed by atoms with E-state index in [2.05, 4.69) is 17.2 Å². The highest BCUT2D eigenvalue weighted by Crippen LogP contribution is 2.35. The number of hydrogen-bond donors (Lipinski definition) is 2. The summed E-state index contributed by atoms with van der Waals surface area (Å²) in [6.45, 7) is 2.94. The van der Waals surface area contributed by atoms with Crippen molar-refractivity contribution in [3.8, 4) is 0 Å². The maximum Gasteiger partial charge on any atom is 0.0820 e. The van der Waals surface area contributed by atoms with Crippen LogP contribution in [0.5, 0.6) is 0 Å². The molecule has 3 N–H and O–H groups in total. The zero-order valence-corrected chi connectivity index (χ0v) is 11.0. The van der Waals surface area contributed by atoms with Gasteiger partial charge in [0.15, 0.2) is 0 Å². The molecule has 2 unspecified atom stereocenters. The lowest BCUT2D eigenvalue weighted by Gasteiger charge is -2.41. The zero-order chi connectivity index (χ0) is 12.3. The maximum atomic E-state index is 6.13. The molecule has 1 saturated carbocycles. The average molecular weight is 254 g/mol. The van der Waals surface area contributed by atoms with Crippen molar-refractivity contribution < 1.29 is 0 Å². The van der Waals surface area contributed by atoms with E-state index in [1.807, 2.05) is 6.07 Å². The van der Waals surface area contributed by atoms with Gasteiger partial charge < -0.3 is 11.1 Å². The minimum atomic E-state index is 0.00264. The van der Waals surface area contributed by atoms with E-state index in [0.717, 1.165) is 24.4 Å². The van der Waals surface area contributed by atoms with Crippen LogP contribution in [0.2, 0.25) is 5.02 Å². The second-order valence-electron chi connectivity index (χ2n) is 5.17. The molecule has 2 rings (SSSR count). The normalized spacial score (nSPS) is 29.0. The molecule has 0 saturated heterocycles. The number of aromatic nitrogens is 1. The third kappa shape index (κ3) is 2.90. The van der Waals surface area contributed by atoms with Crippen LogP contribution in [0.25, 0.3) is 0 Å². The number of pyridine rings is 1. The second-order valence-corrected chi connectivity index (χ2v) is 5.57. The van der Waals surface area contributed by atoms with E-state index >= 15 is 0 Å². The summed E-state index contributed by atoms with van der Waals surface area (Å²) in [4.78, 5) is 4.00. The van der Waals surface area contributed by atoms with Gasteiger partial charge in [-0.1, -0.05) is 31.4 Å². The Labute approximate surface area is 108 Å². The summed E-state index contributed by atoms with van der Waals surface area (Å²) in [7, 11) is 0. The fourth-order valence-corrected chi connectivity index (χ4v) is 2.94. The number of rotatable bonds is 3. The molecule has 4 heteroatoms. The molecule has 1 aromatic rings. The summed E-state index contributed by atoms with van der Waals surface area (Å²) in [6, 6.07) is 1.92. The first-order valence-electron chi connectivity index (χ1n) is 6.23. The van der Waals surface area contributed by atoms with Crippen LogP contribution in [0.1, 0.15) is 32.6 Å². The number of nitrogens with zero attached hydrogens (tertiary/aromatic N) is 1. The van der Waals surface area contributed by atoms with Crippen LogP contribution >= 0.6 is 11.6 Å². The summed E-state index contributed by atoms with van der Waals surface area (Å²) in [5.41, 5.74) is 6.93. The molecule has 94 valence electrons. The van der Waals surface area contributed by atoms with E-state index in [-0.39, 0.29) is 5.54 Å². The lowest BCUT2D eigenvalue weighted by atomic mass is 9.76. The van der Waals surface area contributed by atoms with Gasteiger partial charge in [0.2, 0.25) is 0 Å². The standard InChI is InChI=1S/C13H20ClN3/c1-10-3-2-5-13(7-10,9-15)17-12-4-6-16-8-11(12)14/h4,6,8,10H,2-3,5,7,9,15H2,1H3,(H,16,17). The highest BCUT2D eigenvalue weighted by atomic mass is 35.5. The molecule has 0 radical (unpaired) electrons. The molecule has 1 fully saturated rings. The lowest BCUT2D eigenvalue weighted by molar-refractivity contribution is 0.264. The summed E-state index contributed by atoms with van der Waals surface area (Å²) in [5.74, 6) is 0.723. The van der Waals surface area contributed by atoms with Crippen molar-refractivity contribution in [1.82, 2.24) is 4.98 Å². The molecule has 2 atom stereocenters. The van der Waals surface area contributed by atoms with Crippen molar-refractivity contribution in [2.24, 2.45) is 11.7 Å². The fraction of sp³-hybridized carbons (Fsp3) is 0.615. The zero-order valence-electron chi connectivity index (χ0n) is 10.2. The Morgan fingerprint density at radius 1 is 1.65 bits per heavy atom. The minimum Gasteiger partial charge on any atom is -0.377 e. The van der Waals surface area contributed by atoms with Crippen LogP contribution in [0.15, 0.2) is 18.5 Å². The van der Waals surface area contributed by atoms with Crippen LogP contribution < -0.4 is 11.1 Å². The van der Waals surface area contributed by atoms with Gasteiger partial charge in [-0.25, -0.2) is 0 Å². The van der Waals surface area contributed by atoms with Gasteiger partial charge in [0.25, 0.3) is 0 Å². The number of halogens is 1. The van der Waals surface area contributed by atoms with Crippen LogP contribution in [0, 0.1) is 5.92 Å². The smallest absolute Gasteiger partial charge is 0.0820 e. The van der Waals surface area contributed by atoms with Gasteiger partial charge in [-0.15, -0.1) is 0 Å². The quantitative estimate of drug-likeness (QED) is 0.871. The number of hydrogen-bond acceptors (Lipinski definition) is 3. The summed E-state index contributed by atoms with van der Waals surface area (Å²) < 4.78 is 0. The Balaban J connectivity index is 2.17. The van der Waals surface area contributed by atoms with E-state index < -0.39 is 0 Å². The van der Waals surface area contributed by atoms with Crippen molar-refractivity contribution >= 4 is 17.3 Å². The van der Waals surface area contributed by atoms with E-state index in [9.17, 15) is 0 Å². The fourth-order valence-electron chi connectivity index (χ4n) is 2.77. The molecule has 0 aromatic carbocycles. The molecule has 1 heterocycles. The lowest BCUT2D eigenvalue weighted by Crippen LogP contribution is -2.48. The van der Waals surface area contributed by atoms with Gasteiger partial charge in [0.1, 0.15) is 0 Å². The van der Waals surface area contributed by atoms with E-state index in [0.29, 0.717) is 11.6 Å². The van der Waals surface area contributed by atoms with Crippen LogP contribution in [-0.2, 0) is 0 Å². The van der Waals surface area contributed by atoms with Gasteiger partial charge in [-0.05, 0) is 24.8 Å². The number of nitrogens with one attached hydrogen (secondary N) is 1. The topological polar surface area (TPSA) is 50.9 Å². The van der Waals surface area contributed by atoms with Crippen LogP contribution in [0.3, 0.4) is 0 Å². The predicted molar refractivity (Wildman–Crippen MR) is 72.3 cm³/mol. The van der Waals surface area contributed by atoms with Crippen molar-refractivity contribution in [1.29, 1.82) is 0 Å². The summed E-state index contributed by atoms with van der Waals surface area (Å²) in [6.07, 6.45) is 8.18. The van der Waals surface area contributed by atoms with Crippen molar-refractivity contribution in [2.45, 2.75) is 38.1 Å². The molecule has 3 nitrogen and oxygen atoms in total. The van der Waals surface area contributed by atoms with Gasteiger partial charge in [0.05, 0.1) is 10.7 Å². The number of nitrogens with two attached hydrogens (primary N) is 1. The van der Waals surface area contributed by atoms with Gasteiger partial charge in [-0.2, -0.15) is 0 Å². The molecule has 1 aliphatic carbocycles. The van der Waals surface area contributed by atoms with E-state index in [1.54, 1.807) is 12.4 Å². The third-order valence-electron chi connectivity index (χ3n) is 3.65. The Bertz CT molecular complexity index is 383. The Morgan fingerprint density at radius 2 is 2.47 bits per heavy atom. The first kappa shape index (κ1) is 12.7. The van der Waals surface area contributed by atoms with Crippen LogP contribution in [0.4, 0.5) is 5.69 Å². The molecule has 1 aromatic heterocycles. The van der Waals surface area contributed by atoms with Gasteiger partial charge >= 0.3 is 0 Å². The molecular formula is C13H20ClN3. The maximum absolute atomic E-state index is 6.13. The average Bonchev–Trinajstić information content (AvgIpc) is 2.32. The molecule has 17 heavy (non-hydrogen) atoms. The van der Waals surface area contributed by atoms with Gasteiger partial charge in [-0.3, -0.25) is 4.98 Å². The Morgan fingerprint density at radius 3 is 3.12 bits per heavy atom. The summed E-state index contributed by atoms with van der Waals surface area (Å²) in [5, 5.41) is 4.21. The Hall–Kier alpha value is -0.800. The molecule has 0 aliphatic heterocycles. The first-order chi connectivity index (χ1) is 8.15. The highest BCUT2D eigenvalue weighted by Gasteiger charge is 2.33. The predicted octanol–water partition coefficient (Wildman–Crippen LogP) is 3.05. The molecule has 0 amide bonds. The summed E-state index contributed by atoms with van der Waals surface area (Å²) >= 11 is 6.13. The Kier molecular flexibility index (Phi) is 3.89. The van der Waals surface area contributed by atoms with Crippen LogP contribution in [-0.4, -0.2) is 17.1 Å². The van der Waals surface area contributed by atoms with Gasteiger partial charge in [0, 0.05) is 24.5 Å². The third-order valence-corrected chi connectivity index (χ3v) is 3.96. The highest BCUT2D eigenvalue weighted by molar-refractivity contribution is 6.33. The largest absolute Gasteiger partial charge is 0.377 e.